The molecular weight excluding hydrogens is 166 g/mol. The number of nitrogens with one attached hydrogen (secondary N) is 2. The van der Waals surface area contributed by atoms with E-state index in [-0.39, 0.29) is 0 Å². The minimum Gasteiger partial charge on any atom is -0.392 e. The smallest absolute Gasteiger partial charge is 0.266 e. The lowest BCUT2D eigenvalue weighted by Crippen LogP contribution is -2.28. The van der Waals surface area contributed by atoms with Gasteiger partial charge < -0.3 is 16.4 Å². The molecule has 0 radical (unpaired) electrons. The predicted octanol–water partition coefficient (Wildman–Crippen LogP) is 0.312. The van der Waals surface area contributed by atoms with Crippen molar-refractivity contribution in [1.82, 2.24) is 10.6 Å². The molecule has 0 aliphatic rings. The number of rotatable bonds is 7. The highest BCUT2D eigenvalue weighted by Gasteiger charge is 2.01. The van der Waals surface area contributed by atoms with Gasteiger partial charge in [-0.05, 0) is 6.42 Å². The van der Waals surface area contributed by atoms with Gasteiger partial charge in [0.25, 0.3) is 5.91 Å². The summed E-state index contributed by atoms with van der Waals surface area (Å²) in [6.45, 7) is 2.93. The van der Waals surface area contributed by atoms with Crippen LogP contribution >= 0.6 is 0 Å². The molecule has 0 rings (SSSR count). The van der Waals surface area contributed by atoms with Crippen molar-refractivity contribution >= 4 is 5.91 Å². The van der Waals surface area contributed by atoms with E-state index in [1.165, 1.54) is 12.8 Å². The fraction of sp³-hybridized carbons (Fsp3) is 0.667. The van der Waals surface area contributed by atoms with Crippen molar-refractivity contribution in [1.29, 1.82) is 0 Å². The molecule has 4 nitrogen and oxygen atoms in total. The van der Waals surface area contributed by atoms with Crippen LogP contribution in [0, 0.1) is 0 Å². The largest absolute Gasteiger partial charge is 0.392 e. The summed E-state index contributed by atoms with van der Waals surface area (Å²) in [5.74, 6) is -0.425. The number of carbonyl (C=O) groups is 1. The summed E-state index contributed by atoms with van der Waals surface area (Å²) >= 11 is 0. The average Bonchev–Trinajstić information content (AvgIpc) is 2.10. The third-order valence-electron chi connectivity index (χ3n) is 1.65. The molecule has 76 valence electrons. The molecular formula is C9H19N3O. The second-order valence-electron chi connectivity index (χ2n) is 2.84. The Hall–Kier alpha value is -1.19. The van der Waals surface area contributed by atoms with Crippen LogP contribution < -0.4 is 16.4 Å². The Bertz CT molecular complexity index is 178. The maximum absolute atomic E-state index is 10.8. The van der Waals surface area contributed by atoms with E-state index in [0.717, 1.165) is 13.0 Å². The first-order chi connectivity index (χ1) is 6.22. The molecule has 0 fully saturated rings. The van der Waals surface area contributed by atoms with Crippen molar-refractivity contribution in [3.05, 3.63) is 11.9 Å². The maximum Gasteiger partial charge on any atom is 0.266 e. The summed E-state index contributed by atoms with van der Waals surface area (Å²) in [5, 5.41) is 5.74. The molecule has 0 aromatic carbocycles. The fourth-order valence-corrected chi connectivity index (χ4v) is 0.952. The molecule has 1 amide bonds. The van der Waals surface area contributed by atoms with Crippen LogP contribution in [-0.2, 0) is 4.79 Å². The average molecular weight is 185 g/mol. The summed E-state index contributed by atoms with van der Waals surface area (Å²) in [6.07, 6.45) is 4.97. The van der Waals surface area contributed by atoms with Gasteiger partial charge in [0.15, 0.2) is 0 Å². The molecule has 0 unspecified atom stereocenters. The van der Waals surface area contributed by atoms with Gasteiger partial charge in [0, 0.05) is 19.8 Å². The van der Waals surface area contributed by atoms with Gasteiger partial charge in [-0.3, -0.25) is 4.79 Å². The molecule has 0 aromatic heterocycles. The summed E-state index contributed by atoms with van der Waals surface area (Å²) in [7, 11) is 1.73. The van der Waals surface area contributed by atoms with Crippen LogP contribution in [0.3, 0.4) is 0 Å². The Balaban J connectivity index is 3.71. The predicted molar refractivity (Wildman–Crippen MR) is 53.9 cm³/mol. The first-order valence-electron chi connectivity index (χ1n) is 4.63. The molecule has 0 atom stereocenters. The van der Waals surface area contributed by atoms with Crippen molar-refractivity contribution in [3.8, 4) is 0 Å². The third-order valence-corrected chi connectivity index (χ3v) is 1.65. The van der Waals surface area contributed by atoms with Crippen LogP contribution in [-0.4, -0.2) is 19.5 Å². The highest BCUT2D eigenvalue weighted by atomic mass is 16.1. The first kappa shape index (κ1) is 11.8. The van der Waals surface area contributed by atoms with Crippen molar-refractivity contribution in [2.45, 2.75) is 26.2 Å². The zero-order chi connectivity index (χ0) is 10.1. The number of carbonyl (C=O) groups excluding carboxylic acids is 1. The zero-order valence-electron chi connectivity index (χ0n) is 8.39. The van der Waals surface area contributed by atoms with Crippen LogP contribution in [0.1, 0.15) is 26.2 Å². The van der Waals surface area contributed by atoms with Gasteiger partial charge in [-0.1, -0.05) is 19.8 Å². The van der Waals surface area contributed by atoms with Crippen LogP contribution in [0.4, 0.5) is 0 Å². The molecule has 4 heteroatoms. The quantitative estimate of drug-likeness (QED) is 0.395. The lowest BCUT2D eigenvalue weighted by molar-refractivity contribution is -0.114. The number of unbranched alkanes of at least 4 members (excludes halogenated alkanes) is 2. The first-order valence-corrected chi connectivity index (χ1v) is 4.63. The highest BCUT2D eigenvalue weighted by molar-refractivity contribution is 5.91. The number of primary amides is 1. The zero-order valence-corrected chi connectivity index (χ0v) is 8.39. The second kappa shape index (κ2) is 7.46. The molecule has 0 aromatic rings. The summed E-state index contributed by atoms with van der Waals surface area (Å²) < 4.78 is 0. The van der Waals surface area contributed by atoms with E-state index >= 15 is 0 Å². The lowest BCUT2D eigenvalue weighted by atomic mass is 10.2. The normalized spacial score (nSPS) is 11.1. The van der Waals surface area contributed by atoms with Gasteiger partial charge in [0.1, 0.15) is 5.70 Å². The van der Waals surface area contributed by atoms with E-state index in [0.29, 0.717) is 5.70 Å². The number of hydrogen-bond acceptors (Lipinski definition) is 3. The molecule has 0 saturated heterocycles. The fourth-order valence-electron chi connectivity index (χ4n) is 0.952. The molecule has 13 heavy (non-hydrogen) atoms. The summed E-state index contributed by atoms with van der Waals surface area (Å²) in [4.78, 5) is 10.8. The second-order valence-corrected chi connectivity index (χ2v) is 2.84. The van der Waals surface area contributed by atoms with Gasteiger partial charge in [-0.2, -0.15) is 0 Å². The SMILES string of the molecule is CCCCCN/C(=C/NC)C(N)=O. The molecule has 0 spiro atoms. The molecule has 0 heterocycles. The van der Waals surface area contributed by atoms with E-state index in [9.17, 15) is 4.79 Å². The van der Waals surface area contributed by atoms with E-state index in [1.807, 2.05) is 0 Å². The maximum atomic E-state index is 10.8. The Kier molecular flexibility index (Phi) is 6.78. The topological polar surface area (TPSA) is 67.2 Å². The molecule has 0 bridgehead atoms. The van der Waals surface area contributed by atoms with Crippen molar-refractivity contribution in [2.24, 2.45) is 5.73 Å². The van der Waals surface area contributed by atoms with Gasteiger partial charge in [0.2, 0.25) is 0 Å². The van der Waals surface area contributed by atoms with Crippen LogP contribution in [0.25, 0.3) is 0 Å². The third kappa shape index (κ3) is 6.02. The Morgan fingerprint density at radius 2 is 2.15 bits per heavy atom. The summed E-state index contributed by atoms with van der Waals surface area (Å²) in [6, 6.07) is 0. The Morgan fingerprint density at radius 1 is 1.46 bits per heavy atom. The lowest BCUT2D eigenvalue weighted by Gasteiger charge is -2.06. The number of nitrogens with two attached hydrogens (primary N) is 1. The number of hydrogen-bond donors (Lipinski definition) is 3. The van der Waals surface area contributed by atoms with Crippen LogP contribution in [0.15, 0.2) is 11.9 Å². The monoisotopic (exact) mass is 185 g/mol. The minimum absolute atomic E-state index is 0.425. The van der Waals surface area contributed by atoms with Gasteiger partial charge >= 0.3 is 0 Å². The molecule has 0 aliphatic carbocycles. The highest BCUT2D eigenvalue weighted by Crippen LogP contribution is 1.93. The Morgan fingerprint density at radius 3 is 2.62 bits per heavy atom. The van der Waals surface area contributed by atoms with Crippen LogP contribution in [0.5, 0.6) is 0 Å². The van der Waals surface area contributed by atoms with Crippen LogP contribution in [0.2, 0.25) is 0 Å². The van der Waals surface area contributed by atoms with E-state index in [1.54, 1.807) is 13.2 Å². The van der Waals surface area contributed by atoms with Gasteiger partial charge in [-0.15, -0.1) is 0 Å². The molecule has 4 N–H and O–H groups in total. The van der Waals surface area contributed by atoms with E-state index < -0.39 is 5.91 Å². The van der Waals surface area contributed by atoms with E-state index in [4.69, 9.17) is 5.73 Å². The Labute approximate surface area is 79.6 Å². The van der Waals surface area contributed by atoms with Gasteiger partial charge in [0.05, 0.1) is 0 Å². The van der Waals surface area contributed by atoms with Gasteiger partial charge in [-0.25, -0.2) is 0 Å². The van der Waals surface area contributed by atoms with Crippen molar-refractivity contribution < 1.29 is 4.79 Å². The number of amides is 1. The summed E-state index contributed by atoms with van der Waals surface area (Å²) in [5.41, 5.74) is 5.57. The molecule has 0 saturated carbocycles. The standard InChI is InChI=1S/C9H19N3O/c1-3-4-5-6-12-8(7-11-2)9(10)13/h7,11-12H,3-6H2,1-2H3,(H2,10,13)/b8-7+. The van der Waals surface area contributed by atoms with Crippen molar-refractivity contribution in [2.75, 3.05) is 13.6 Å². The minimum atomic E-state index is -0.425. The molecule has 0 aliphatic heterocycles. The van der Waals surface area contributed by atoms with Crippen molar-refractivity contribution in [3.63, 3.8) is 0 Å². The van der Waals surface area contributed by atoms with E-state index in [2.05, 4.69) is 17.6 Å².